The van der Waals surface area contributed by atoms with Crippen molar-refractivity contribution in [2.24, 2.45) is 0 Å². The maximum Gasteiger partial charge on any atom is 0.271 e. The molecule has 1 aliphatic rings. The van der Waals surface area contributed by atoms with Crippen LogP contribution in [0.25, 0.3) is 0 Å². The summed E-state index contributed by atoms with van der Waals surface area (Å²) in [5.74, 6) is -0.187. The molecule has 0 aliphatic carbocycles. The summed E-state index contributed by atoms with van der Waals surface area (Å²) in [6.07, 6.45) is -0.910. The van der Waals surface area contributed by atoms with Gasteiger partial charge in [0.1, 0.15) is 0 Å². The molecule has 1 aliphatic heterocycles. The number of hydrazine groups is 1. The molecule has 0 saturated heterocycles. The van der Waals surface area contributed by atoms with Crippen LogP contribution in [0, 0.1) is 0 Å². The molecular formula is C13H12N2O2S. The van der Waals surface area contributed by atoms with Gasteiger partial charge in [0.05, 0.1) is 0 Å². The van der Waals surface area contributed by atoms with Gasteiger partial charge in [-0.1, -0.05) is 18.2 Å². The van der Waals surface area contributed by atoms with Crippen LogP contribution >= 0.6 is 11.3 Å². The van der Waals surface area contributed by atoms with Gasteiger partial charge in [-0.05, 0) is 28.5 Å². The lowest BCUT2D eigenvalue weighted by Gasteiger charge is -2.21. The van der Waals surface area contributed by atoms with Crippen LogP contribution in [0.2, 0.25) is 0 Å². The molecule has 0 bridgehead atoms. The van der Waals surface area contributed by atoms with Crippen LogP contribution in [0.4, 0.5) is 0 Å². The number of nitrogens with one attached hydrogen (secondary N) is 1. The topological polar surface area (TPSA) is 52.6 Å². The molecule has 0 spiro atoms. The van der Waals surface area contributed by atoms with E-state index < -0.39 is 6.23 Å². The van der Waals surface area contributed by atoms with E-state index in [0.29, 0.717) is 17.7 Å². The molecule has 0 fully saturated rings. The number of nitrogens with zero attached hydrogens (tertiary/aromatic N) is 1. The number of aliphatic hydroxyl groups is 1. The molecule has 1 unspecified atom stereocenters. The summed E-state index contributed by atoms with van der Waals surface area (Å²) in [5.41, 5.74) is 5.28. The van der Waals surface area contributed by atoms with Gasteiger partial charge < -0.3 is 5.11 Å². The van der Waals surface area contributed by atoms with Crippen LogP contribution in [0.3, 0.4) is 0 Å². The number of rotatable bonds is 3. The fourth-order valence-corrected chi connectivity index (χ4v) is 2.69. The van der Waals surface area contributed by atoms with Gasteiger partial charge in [0.25, 0.3) is 5.91 Å². The molecule has 1 amide bonds. The third-order valence-electron chi connectivity index (χ3n) is 2.97. The Labute approximate surface area is 108 Å². The van der Waals surface area contributed by atoms with E-state index in [0.717, 1.165) is 5.56 Å². The average Bonchev–Trinajstić information content (AvgIpc) is 2.98. The van der Waals surface area contributed by atoms with E-state index in [4.69, 9.17) is 0 Å². The Morgan fingerprint density at radius 3 is 2.89 bits per heavy atom. The molecule has 5 heteroatoms. The van der Waals surface area contributed by atoms with E-state index in [9.17, 15) is 9.90 Å². The highest BCUT2D eigenvalue weighted by atomic mass is 32.1. The first-order valence-corrected chi connectivity index (χ1v) is 6.57. The molecule has 3 rings (SSSR count). The number of amides is 1. The molecule has 4 nitrogen and oxygen atoms in total. The Kier molecular flexibility index (Phi) is 2.87. The third-order valence-corrected chi connectivity index (χ3v) is 3.70. The van der Waals surface area contributed by atoms with Crippen molar-refractivity contribution in [2.45, 2.75) is 12.8 Å². The Hall–Kier alpha value is -1.69. The summed E-state index contributed by atoms with van der Waals surface area (Å²) in [6.45, 7) is 0.528. The van der Waals surface area contributed by atoms with E-state index in [1.165, 1.54) is 5.01 Å². The first-order valence-electron chi connectivity index (χ1n) is 5.62. The van der Waals surface area contributed by atoms with Crippen molar-refractivity contribution in [1.29, 1.82) is 0 Å². The first kappa shape index (κ1) is 11.4. The summed E-state index contributed by atoms with van der Waals surface area (Å²) in [5, 5.41) is 15.4. The van der Waals surface area contributed by atoms with E-state index in [1.807, 2.05) is 22.9 Å². The number of aliphatic hydroxyl groups excluding tert-OH is 1. The average molecular weight is 260 g/mol. The number of fused-ring (bicyclic) bond motifs is 1. The summed E-state index contributed by atoms with van der Waals surface area (Å²) in [6, 6.07) is 9.10. The van der Waals surface area contributed by atoms with Gasteiger partial charge in [-0.25, -0.2) is 10.4 Å². The predicted molar refractivity (Wildman–Crippen MR) is 68.7 cm³/mol. The minimum atomic E-state index is -0.910. The third kappa shape index (κ3) is 1.82. The van der Waals surface area contributed by atoms with Crippen molar-refractivity contribution in [3.63, 3.8) is 0 Å². The summed E-state index contributed by atoms with van der Waals surface area (Å²) in [4.78, 5) is 12.1. The second-order valence-electron chi connectivity index (χ2n) is 4.10. The highest BCUT2D eigenvalue weighted by Crippen LogP contribution is 2.29. The standard InChI is InChI=1S/C13H12N2O2S/c16-12-10-3-1-2-4-11(10)13(17)15(12)14-7-9-5-6-18-8-9/h1-6,8,12,14,16H,7H2. The van der Waals surface area contributed by atoms with E-state index in [2.05, 4.69) is 5.43 Å². The normalized spacial score (nSPS) is 18.2. The minimum absolute atomic E-state index is 0.187. The second-order valence-corrected chi connectivity index (χ2v) is 4.88. The van der Waals surface area contributed by atoms with Crippen LogP contribution in [-0.2, 0) is 6.54 Å². The maximum absolute atomic E-state index is 12.1. The van der Waals surface area contributed by atoms with Crippen molar-refractivity contribution in [2.75, 3.05) is 0 Å². The molecule has 92 valence electrons. The van der Waals surface area contributed by atoms with Gasteiger partial charge in [-0.2, -0.15) is 11.3 Å². The largest absolute Gasteiger partial charge is 0.368 e. The Bertz CT molecular complexity index is 568. The molecule has 18 heavy (non-hydrogen) atoms. The van der Waals surface area contributed by atoms with Crippen LogP contribution in [0.5, 0.6) is 0 Å². The second kappa shape index (κ2) is 4.53. The van der Waals surface area contributed by atoms with Crippen molar-refractivity contribution in [3.05, 3.63) is 57.8 Å². The molecule has 1 atom stereocenters. The highest BCUT2D eigenvalue weighted by molar-refractivity contribution is 7.07. The van der Waals surface area contributed by atoms with Gasteiger partial charge in [-0.15, -0.1) is 0 Å². The minimum Gasteiger partial charge on any atom is -0.368 e. The number of hydrogen-bond donors (Lipinski definition) is 2. The van der Waals surface area contributed by atoms with Crippen LogP contribution in [0.15, 0.2) is 41.1 Å². The summed E-state index contributed by atoms with van der Waals surface area (Å²) in [7, 11) is 0. The number of thiophene rings is 1. The SMILES string of the molecule is O=C1c2ccccc2C(O)N1NCc1ccsc1. The molecule has 0 radical (unpaired) electrons. The summed E-state index contributed by atoms with van der Waals surface area (Å²) >= 11 is 1.61. The van der Waals surface area contributed by atoms with Crippen molar-refractivity contribution in [1.82, 2.24) is 10.4 Å². The number of benzene rings is 1. The Morgan fingerprint density at radius 1 is 1.33 bits per heavy atom. The molecular weight excluding hydrogens is 248 g/mol. The monoisotopic (exact) mass is 260 g/mol. The first-order chi connectivity index (χ1) is 8.77. The number of carbonyl (C=O) groups excluding carboxylic acids is 1. The van der Waals surface area contributed by atoms with Crippen LogP contribution in [0.1, 0.15) is 27.7 Å². The molecule has 2 aromatic rings. The van der Waals surface area contributed by atoms with E-state index >= 15 is 0 Å². The van der Waals surface area contributed by atoms with Crippen molar-refractivity contribution >= 4 is 17.2 Å². The van der Waals surface area contributed by atoms with Gasteiger partial charge in [0, 0.05) is 17.7 Å². The van der Waals surface area contributed by atoms with E-state index in [-0.39, 0.29) is 5.91 Å². The molecule has 1 aromatic heterocycles. The van der Waals surface area contributed by atoms with E-state index in [1.54, 1.807) is 29.5 Å². The highest BCUT2D eigenvalue weighted by Gasteiger charge is 2.34. The lowest BCUT2D eigenvalue weighted by atomic mass is 10.1. The molecule has 1 aromatic carbocycles. The van der Waals surface area contributed by atoms with Crippen LogP contribution in [-0.4, -0.2) is 16.0 Å². The Morgan fingerprint density at radius 2 is 2.17 bits per heavy atom. The molecule has 2 heterocycles. The molecule has 0 saturated carbocycles. The van der Waals surface area contributed by atoms with Gasteiger partial charge in [0.2, 0.25) is 0 Å². The zero-order valence-corrected chi connectivity index (χ0v) is 10.4. The van der Waals surface area contributed by atoms with Crippen molar-refractivity contribution in [3.8, 4) is 0 Å². The van der Waals surface area contributed by atoms with Crippen LogP contribution < -0.4 is 5.43 Å². The number of carbonyl (C=O) groups is 1. The van der Waals surface area contributed by atoms with Gasteiger partial charge in [0.15, 0.2) is 6.23 Å². The Balaban J connectivity index is 1.77. The zero-order valence-electron chi connectivity index (χ0n) is 9.54. The van der Waals surface area contributed by atoms with Gasteiger partial charge >= 0.3 is 0 Å². The fourth-order valence-electron chi connectivity index (χ4n) is 2.02. The summed E-state index contributed by atoms with van der Waals surface area (Å²) < 4.78 is 0. The lowest BCUT2D eigenvalue weighted by Crippen LogP contribution is -2.40. The zero-order chi connectivity index (χ0) is 12.5. The maximum atomic E-state index is 12.1. The van der Waals surface area contributed by atoms with Gasteiger partial charge in [-0.3, -0.25) is 4.79 Å². The quantitative estimate of drug-likeness (QED) is 0.886. The number of hydrogen-bond acceptors (Lipinski definition) is 4. The van der Waals surface area contributed by atoms with Crippen molar-refractivity contribution < 1.29 is 9.90 Å². The lowest BCUT2D eigenvalue weighted by molar-refractivity contribution is -0.00963. The predicted octanol–water partition coefficient (Wildman–Crippen LogP) is 1.90. The fraction of sp³-hybridized carbons (Fsp3) is 0.154. The molecule has 2 N–H and O–H groups in total. The smallest absolute Gasteiger partial charge is 0.271 e.